The molecule has 0 unspecified atom stereocenters. The number of aryl methyl sites for hydroxylation is 1. The molecule has 0 amide bonds. The van der Waals surface area contributed by atoms with E-state index in [1.165, 1.54) is 6.07 Å². The van der Waals surface area contributed by atoms with Gasteiger partial charge in [-0.3, -0.25) is 4.72 Å². The van der Waals surface area contributed by atoms with E-state index >= 15 is 0 Å². The Morgan fingerprint density at radius 1 is 1.21 bits per heavy atom. The number of nitrogens with one attached hydrogen (secondary N) is 1. The number of rotatable bonds is 3. The van der Waals surface area contributed by atoms with E-state index in [-0.39, 0.29) is 15.6 Å². The third kappa shape index (κ3) is 2.85. The molecule has 2 aromatic rings. The minimum atomic E-state index is -3.89. The normalized spacial score (nSPS) is 11.5. The van der Waals surface area contributed by atoms with Crippen LogP contribution >= 0.6 is 11.3 Å². The molecule has 4 nitrogen and oxygen atoms in total. The van der Waals surface area contributed by atoms with Crippen LogP contribution in [0.25, 0.3) is 0 Å². The maximum absolute atomic E-state index is 13.5. The average Bonchev–Trinajstić information content (AvgIpc) is 2.73. The van der Waals surface area contributed by atoms with Gasteiger partial charge in [0.15, 0.2) is 0 Å². The van der Waals surface area contributed by atoms with Crippen LogP contribution in [0.2, 0.25) is 0 Å². The van der Waals surface area contributed by atoms with E-state index in [0.29, 0.717) is 6.07 Å². The zero-order valence-electron chi connectivity index (χ0n) is 9.78. The lowest BCUT2D eigenvalue weighted by Gasteiger charge is -2.08. The number of nitrogen functional groups attached to an aromatic ring is 1. The lowest BCUT2D eigenvalue weighted by atomic mass is 10.2. The number of nitrogens with two attached hydrogens (primary N) is 1. The topological polar surface area (TPSA) is 72.2 Å². The maximum Gasteiger partial charge on any atom is 0.271 e. The minimum Gasteiger partial charge on any atom is -0.396 e. The predicted octanol–water partition coefficient (Wildman–Crippen LogP) is 2.72. The van der Waals surface area contributed by atoms with Gasteiger partial charge in [-0.05, 0) is 25.1 Å². The maximum atomic E-state index is 13.5. The van der Waals surface area contributed by atoms with Crippen molar-refractivity contribution in [1.29, 1.82) is 0 Å². The van der Waals surface area contributed by atoms with Crippen LogP contribution in [0.3, 0.4) is 0 Å². The van der Waals surface area contributed by atoms with Gasteiger partial charge in [0.1, 0.15) is 15.8 Å². The molecule has 1 aromatic heterocycles. The molecule has 19 heavy (non-hydrogen) atoms. The predicted molar refractivity (Wildman–Crippen MR) is 70.6 cm³/mol. The van der Waals surface area contributed by atoms with Crippen LogP contribution in [0, 0.1) is 18.6 Å². The van der Waals surface area contributed by atoms with Crippen molar-refractivity contribution in [3.63, 3.8) is 0 Å². The Kier molecular flexibility index (Phi) is 3.46. The van der Waals surface area contributed by atoms with Crippen molar-refractivity contribution in [2.24, 2.45) is 0 Å². The number of hydrogen-bond donors (Lipinski definition) is 2. The molecule has 102 valence electrons. The smallest absolute Gasteiger partial charge is 0.271 e. The Bertz CT molecular complexity index is 726. The molecule has 1 aromatic carbocycles. The van der Waals surface area contributed by atoms with Crippen LogP contribution in [-0.4, -0.2) is 8.42 Å². The summed E-state index contributed by atoms with van der Waals surface area (Å²) >= 11 is 1.05. The Morgan fingerprint density at radius 2 is 1.89 bits per heavy atom. The van der Waals surface area contributed by atoms with Crippen LogP contribution in [0.15, 0.2) is 28.5 Å². The fourth-order valence-electron chi connectivity index (χ4n) is 1.40. The van der Waals surface area contributed by atoms with E-state index in [1.54, 1.807) is 13.0 Å². The quantitative estimate of drug-likeness (QED) is 0.856. The van der Waals surface area contributed by atoms with Gasteiger partial charge in [0.2, 0.25) is 0 Å². The highest BCUT2D eigenvalue weighted by Gasteiger charge is 2.19. The number of thiophene rings is 1. The summed E-state index contributed by atoms with van der Waals surface area (Å²) in [5.74, 6) is -1.96. The number of anilines is 2. The minimum absolute atomic E-state index is 0.0484. The first-order chi connectivity index (χ1) is 8.79. The van der Waals surface area contributed by atoms with Gasteiger partial charge in [-0.1, -0.05) is 0 Å². The highest BCUT2D eigenvalue weighted by molar-refractivity contribution is 7.94. The second-order valence-corrected chi connectivity index (χ2v) is 7.02. The van der Waals surface area contributed by atoms with Gasteiger partial charge in [0.25, 0.3) is 10.0 Å². The molecule has 0 atom stereocenters. The number of halogens is 2. The van der Waals surface area contributed by atoms with Crippen molar-refractivity contribution < 1.29 is 17.2 Å². The Hall–Kier alpha value is -1.67. The van der Waals surface area contributed by atoms with Gasteiger partial charge >= 0.3 is 0 Å². The molecule has 0 aliphatic carbocycles. The second kappa shape index (κ2) is 4.78. The first-order valence-electron chi connectivity index (χ1n) is 5.13. The van der Waals surface area contributed by atoms with Gasteiger partial charge < -0.3 is 5.73 Å². The summed E-state index contributed by atoms with van der Waals surface area (Å²) in [5.41, 5.74) is 4.56. The van der Waals surface area contributed by atoms with Gasteiger partial charge in [-0.2, -0.15) is 0 Å². The standard InChI is InChI=1S/C11H10F2N2O2S2/c1-6-2-3-11(18-6)19(16,17)15-10-5-9(14)7(12)4-8(10)13/h2-5,15H,14H2,1H3. The fourth-order valence-corrected chi connectivity index (χ4v) is 3.74. The molecule has 0 saturated carbocycles. The molecule has 0 aliphatic heterocycles. The Labute approximate surface area is 112 Å². The fraction of sp³-hybridized carbons (Fsp3) is 0.0909. The summed E-state index contributed by atoms with van der Waals surface area (Å²) < 4.78 is 52.5. The Balaban J connectivity index is 2.38. The number of sulfonamides is 1. The van der Waals surface area contributed by atoms with Gasteiger partial charge in [-0.15, -0.1) is 11.3 Å². The average molecular weight is 304 g/mol. The van der Waals surface area contributed by atoms with E-state index in [0.717, 1.165) is 22.3 Å². The van der Waals surface area contributed by atoms with Crippen LogP contribution < -0.4 is 10.5 Å². The molecule has 0 bridgehead atoms. The van der Waals surface area contributed by atoms with E-state index in [2.05, 4.69) is 0 Å². The molecule has 0 saturated heterocycles. The van der Waals surface area contributed by atoms with Crippen molar-refractivity contribution in [2.45, 2.75) is 11.1 Å². The van der Waals surface area contributed by atoms with Crippen LogP contribution in [0.5, 0.6) is 0 Å². The van der Waals surface area contributed by atoms with E-state index < -0.39 is 21.7 Å². The van der Waals surface area contributed by atoms with Crippen LogP contribution in [0.4, 0.5) is 20.2 Å². The van der Waals surface area contributed by atoms with Crippen LogP contribution in [-0.2, 0) is 10.0 Å². The van der Waals surface area contributed by atoms with Crippen molar-refractivity contribution in [3.05, 3.63) is 40.8 Å². The van der Waals surface area contributed by atoms with Gasteiger partial charge in [-0.25, -0.2) is 17.2 Å². The van der Waals surface area contributed by atoms with E-state index in [9.17, 15) is 17.2 Å². The van der Waals surface area contributed by atoms with Crippen LogP contribution in [0.1, 0.15) is 4.88 Å². The highest BCUT2D eigenvalue weighted by atomic mass is 32.2. The summed E-state index contributed by atoms with van der Waals surface area (Å²) in [6, 6.07) is 4.48. The lowest BCUT2D eigenvalue weighted by Crippen LogP contribution is -2.13. The molecule has 0 radical (unpaired) electrons. The highest BCUT2D eigenvalue weighted by Crippen LogP contribution is 2.26. The van der Waals surface area contributed by atoms with Crippen molar-refractivity contribution in [3.8, 4) is 0 Å². The summed E-state index contributed by atoms with van der Waals surface area (Å²) in [7, 11) is -3.89. The molecule has 0 fully saturated rings. The van der Waals surface area contributed by atoms with E-state index in [1.807, 2.05) is 4.72 Å². The summed E-state index contributed by atoms with van der Waals surface area (Å²) in [6.07, 6.45) is 0. The first-order valence-corrected chi connectivity index (χ1v) is 7.43. The summed E-state index contributed by atoms with van der Waals surface area (Å²) in [6.45, 7) is 1.75. The largest absolute Gasteiger partial charge is 0.396 e. The van der Waals surface area contributed by atoms with Gasteiger partial charge in [0.05, 0.1) is 11.4 Å². The third-order valence-corrected chi connectivity index (χ3v) is 5.17. The number of hydrogen-bond acceptors (Lipinski definition) is 4. The zero-order chi connectivity index (χ0) is 14.2. The number of benzene rings is 1. The van der Waals surface area contributed by atoms with Gasteiger partial charge in [0, 0.05) is 10.9 Å². The zero-order valence-corrected chi connectivity index (χ0v) is 11.4. The summed E-state index contributed by atoms with van der Waals surface area (Å²) in [5, 5.41) is 0. The molecular weight excluding hydrogens is 294 g/mol. The molecule has 3 N–H and O–H groups in total. The van der Waals surface area contributed by atoms with E-state index in [4.69, 9.17) is 5.73 Å². The van der Waals surface area contributed by atoms with Crippen molar-refractivity contribution in [2.75, 3.05) is 10.5 Å². The molecular formula is C11H10F2N2O2S2. The molecule has 2 rings (SSSR count). The second-order valence-electron chi connectivity index (χ2n) is 3.82. The monoisotopic (exact) mass is 304 g/mol. The molecule has 8 heteroatoms. The Morgan fingerprint density at radius 3 is 2.47 bits per heavy atom. The third-order valence-electron chi connectivity index (χ3n) is 2.31. The summed E-state index contributed by atoms with van der Waals surface area (Å²) in [4.78, 5) is 0.805. The molecule has 0 aliphatic rings. The van der Waals surface area contributed by atoms with Crippen molar-refractivity contribution >= 4 is 32.7 Å². The van der Waals surface area contributed by atoms with Crippen molar-refractivity contribution in [1.82, 2.24) is 0 Å². The molecule has 1 heterocycles. The SMILES string of the molecule is Cc1ccc(S(=O)(=O)Nc2cc(N)c(F)cc2F)s1. The molecule has 0 spiro atoms. The first kappa shape index (κ1) is 13.8. The lowest BCUT2D eigenvalue weighted by molar-refractivity contribution is 0.585.